The van der Waals surface area contributed by atoms with Crippen molar-refractivity contribution >= 4 is 0 Å². The van der Waals surface area contributed by atoms with Gasteiger partial charge in [-0.3, -0.25) is 0 Å². The maximum Gasteiger partial charge on any atom is 1.00 e. The quantitative estimate of drug-likeness (QED) is 0.343. The molecule has 60 valence electrons. The van der Waals surface area contributed by atoms with Crippen molar-refractivity contribution in [3.8, 4) is 0 Å². The van der Waals surface area contributed by atoms with Gasteiger partial charge in [0.05, 0.1) is 0 Å². The van der Waals surface area contributed by atoms with Gasteiger partial charge < -0.3 is 6.92 Å². The molecule has 0 atom stereocenters. The van der Waals surface area contributed by atoms with E-state index >= 15 is 0 Å². The summed E-state index contributed by atoms with van der Waals surface area (Å²) in [4.78, 5) is 0. The smallest absolute Gasteiger partial charge is 0.343 e. The van der Waals surface area contributed by atoms with Crippen LogP contribution >= 0.6 is 0 Å². The van der Waals surface area contributed by atoms with Crippen LogP contribution in [0.15, 0.2) is 0 Å². The standard InChI is InChI=1S/C8H17.Cu/c1-3-5-7-8-6-4-2;/h1,3-8H2,2H3;/q-1;+1. The van der Waals surface area contributed by atoms with Gasteiger partial charge in [-0.05, 0) is 0 Å². The molecule has 0 aliphatic heterocycles. The third-order valence-corrected chi connectivity index (χ3v) is 1.35. The molecule has 0 unspecified atom stereocenters. The van der Waals surface area contributed by atoms with Crippen LogP contribution in [-0.4, -0.2) is 0 Å². The summed E-state index contributed by atoms with van der Waals surface area (Å²) in [7, 11) is 0. The Kier molecular flexibility index (Phi) is 15.4. The fraction of sp³-hybridized carbons (Fsp3) is 0.875. The Bertz CT molecular complexity index is 29.5. The van der Waals surface area contributed by atoms with E-state index in [0.29, 0.717) is 0 Å². The average Bonchev–Trinajstić information content (AvgIpc) is 1.81. The van der Waals surface area contributed by atoms with Gasteiger partial charge in [-0.2, -0.15) is 6.42 Å². The average molecular weight is 177 g/mol. The molecule has 0 heterocycles. The van der Waals surface area contributed by atoms with Crippen molar-refractivity contribution in [3.05, 3.63) is 6.92 Å². The predicted molar refractivity (Wildman–Crippen MR) is 38.7 cm³/mol. The normalized spacial score (nSPS) is 8.67. The molecule has 0 aromatic carbocycles. The summed E-state index contributed by atoms with van der Waals surface area (Å²) in [6.07, 6.45) is 7.98. The summed E-state index contributed by atoms with van der Waals surface area (Å²) >= 11 is 0. The van der Waals surface area contributed by atoms with Crippen molar-refractivity contribution in [2.75, 3.05) is 0 Å². The van der Waals surface area contributed by atoms with E-state index in [-0.39, 0.29) is 17.1 Å². The predicted octanol–water partition coefficient (Wildman–Crippen LogP) is 3.18. The van der Waals surface area contributed by atoms with E-state index in [2.05, 4.69) is 13.8 Å². The molecule has 0 spiro atoms. The van der Waals surface area contributed by atoms with E-state index in [0.717, 1.165) is 6.42 Å². The van der Waals surface area contributed by atoms with Gasteiger partial charge in [-0.1, -0.05) is 39.0 Å². The molecule has 9 heavy (non-hydrogen) atoms. The second kappa shape index (κ2) is 11.3. The molecule has 0 rings (SSSR count). The molecule has 0 saturated carbocycles. The third kappa shape index (κ3) is 11.9. The van der Waals surface area contributed by atoms with E-state index in [1.54, 1.807) is 0 Å². The van der Waals surface area contributed by atoms with Crippen molar-refractivity contribution in [2.24, 2.45) is 0 Å². The molecule has 0 aromatic heterocycles. The fourth-order valence-electron chi connectivity index (χ4n) is 0.780. The van der Waals surface area contributed by atoms with Crippen LogP contribution in [0.5, 0.6) is 0 Å². The molecule has 0 bridgehead atoms. The first-order valence-electron chi connectivity index (χ1n) is 3.71. The molecule has 0 saturated heterocycles. The van der Waals surface area contributed by atoms with E-state index in [1.165, 1.54) is 32.1 Å². The zero-order chi connectivity index (χ0) is 6.24. The van der Waals surface area contributed by atoms with Crippen molar-refractivity contribution in [3.63, 3.8) is 0 Å². The van der Waals surface area contributed by atoms with Crippen LogP contribution in [0, 0.1) is 6.92 Å². The fourth-order valence-corrected chi connectivity index (χ4v) is 0.780. The molecule has 0 aliphatic rings. The van der Waals surface area contributed by atoms with Gasteiger partial charge in [0, 0.05) is 0 Å². The molecule has 0 nitrogen and oxygen atoms in total. The van der Waals surface area contributed by atoms with E-state index in [9.17, 15) is 0 Å². The molecule has 0 aliphatic carbocycles. The van der Waals surface area contributed by atoms with Crippen LogP contribution in [0.25, 0.3) is 0 Å². The van der Waals surface area contributed by atoms with Gasteiger partial charge in [0.1, 0.15) is 0 Å². The van der Waals surface area contributed by atoms with Crippen molar-refractivity contribution in [2.45, 2.75) is 45.4 Å². The summed E-state index contributed by atoms with van der Waals surface area (Å²) in [6, 6.07) is 0. The Morgan fingerprint density at radius 1 is 1.00 bits per heavy atom. The van der Waals surface area contributed by atoms with Crippen LogP contribution < -0.4 is 0 Å². The van der Waals surface area contributed by atoms with Crippen LogP contribution in [0.1, 0.15) is 45.4 Å². The molecular formula is C8H17Cu. The molecule has 1 heteroatoms. The van der Waals surface area contributed by atoms with Gasteiger partial charge in [-0.25, -0.2) is 0 Å². The van der Waals surface area contributed by atoms with E-state index < -0.39 is 0 Å². The molecule has 0 radical (unpaired) electrons. The largest absolute Gasteiger partial charge is 1.00 e. The van der Waals surface area contributed by atoms with Gasteiger partial charge >= 0.3 is 17.1 Å². The van der Waals surface area contributed by atoms with Gasteiger partial charge in [0.25, 0.3) is 0 Å². The van der Waals surface area contributed by atoms with Gasteiger partial charge in [-0.15, -0.1) is 0 Å². The van der Waals surface area contributed by atoms with Gasteiger partial charge in [0.2, 0.25) is 0 Å². The van der Waals surface area contributed by atoms with Crippen LogP contribution in [0.4, 0.5) is 0 Å². The minimum absolute atomic E-state index is 0. The molecule has 0 amide bonds. The first kappa shape index (κ1) is 12.2. The summed E-state index contributed by atoms with van der Waals surface area (Å²) in [6.45, 7) is 6.02. The summed E-state index contributed by atoms with van der Waals surface area (Å²) in [5.74, 6) is 0. The molecular weight excluding hydrogens is 160 g/mol. The topological polar surface area (TPSA) is 0 Å². The first-order valence-corrected chi connectivity index (χ1v) is 3.71. The second-order valence-electron chi connectivity index (χ2n) is 2.27. The van der Waals surface area contributed by atoms with Crippen LogP contribution in [0.2, 0.25) is 0 Å². The first-order chi connectivity index (χ1) is 3.91. The SMILES string of the molecule is [CH2-]CCCCCCC.[Cu+]. The Morgan fingerprint density at radius 3 is 2.00 bits per heavy atom. The number of rotatable bonds is 5. The minimum atomic E-state index is 0. The minimum Gasteiger partial charge on any atom is -0.343 e. The van der Waals surface area contributed by atoms with Crippen molar-refractivity contribution in [1.82, 2.24) is 0 Å². The Labute approximate surface area is 69.9 Å². The van der Waals surface area contributed by atoms with Gasteiger partial charge in [0.15, 0.2) is 0 Å². The van der Waals surface area contributed by atoms with E-state index in [1.807, 2.05) is 0 Å². The summed E-state index contributed by atoms with van der Waals surface area (Å²) < 4.78 is 0. The maximum absolute atomic E-state index is 3.78. The van der Waals surface area contributed by atoms with Crippen LogP contribution in [0.3, 0.4) is 0 Å². The molecule has 0 aromatic rings. The number of hydrogen-bond acceptors (Lipinski definition) is 0. The molecule has 0 N–H and O–H groups in total. The number of hydrogen-bond donors (Lipinski definition) is 0. The zero-order valence-corrected chi connectivity index (χ0v) is 7.19. The monoisotopic (exact) mass is 176 g/mol. The third-order valence-electron chi connectivity index (χ3n) is 1.35. The van der Waals surface area contributed by atoms with Crippen molar-refractivity contribution in [1.29, 1.82) is 0 Å². The summed E-state index contributed by atoms with van der Waals surface area (Å²) in [5.41, 5.74) is 0. The van der Waals surface area contributed by atoms with Crippen LogP contribution in [-0.2, 0) is 17.1 Å². The maximum atomic E-state index is 3.78. The summed E-state index contributed by atoms with van der Waals surface area (Å²) in [5, 5.41) is 0. The second-order valence-corrected chi connectivity index (χ2v) is 2.27. The Hall–Kier alpha value is 0.519. The molecule has 0 fully saturated rings. The van der Waals surface area contributed by atoms with E-state index in [4.69, 9.17) is 0 Å². The zero-order valence-electron chi connectivity index (χ0n) is 6.25. The Balaban J connectivity index is 0. The van der Waals surface area contributed by atoms with Crippen molar-refractivity contribution < 1.29 is 17.1 Å². The number of unbranched alkanes of at least 4 members (excludes halogenated alkanes) is 5. The Morgan fingerprint density at radius 2 is 1.56 bits per heavy atom.